The molecule has 6 heteroatoms. The van der Waals surface area contributed by atoms with E-state index in [0.717, 1.165) is 45.0 Å². The van der Waals surface area contributed by atoms with Crippen molar-refractivity contribution in [1.29, 1.82) is 0 Å². The van der Waals surface area contributed by atoms with Crippen LogP contribution in [0.3, 0.4) is 0 Å². The highest BCUT2D eigenvalue weighted by molar-refractivity contribution is 5.76. The molecule has 3 atom stereocenters. The lowest BCUT2D eigenvalue weighted by molar-refractivity contribution is -0.138. The number of carbonyl (C=O) groups is 1. The molecule has 1 aromatic heterocycles. The van der Waals surface area contributed by atoms with Crippen LogP contribution in [0.5, 0.6) is 0 Å². The number of aromatic nitrogens is 1. The largest absolute Gasteiger partial charge is 0.381 e. The van der Waals surface area contributed by atoms with Gasteiger partial charge in [-0.05, 0) is 29.9 Å². The molecule has 3 fully saturated rings. The molecule has 0 N–H and O–H groups in total. The maximum Gasteiger partial charge on any atom is 0.223 e. The van der Waals surface area contributed by atoms with E-state index in [1.54, 1.807) is 0 Å². The molecule has 1 amide bonds. The van der Waals surface area contributed by atoms with Crippen molar-refractivity contribution in [3.63, 3.8) is 0 Å². The highest BCUT2D eigenvalue weighted by atomic mass is 16.5. The Balaban J connectivity index is 1.35. The third-order valence-electron chi connectivity index (χ3n) is 5.75. The van der Waals surface area contributed by atoms with Crippen LogP contribution in [0, 0.1) is 17.8 Å². The predicted octanol–water partition coefficient (Wildman–Crippen LogP) is 1.02. The number of carbonyl (C=O) groups excluding carboxylic acids is 1. The number of rotatable bonds is 4. The summed E-state index contributed by atoms with van der Waals surface area (Å²) >= 11 is 0. The summed E-state index contributed by atoms with van der Waals surface area (Å²) in [5.41, 5.74) is 1.11. The molecule has 0 spiro atoms. The molecule has 1 aromatic rings. The second kappa shape index (κ2) is 7.81. The Morgan fingerprint density at radius 1 is 1.16 bits per heavy atom. The molecule has 0 unspecified atom stereocenters. The molecule has 3 aliphatic rings. The first-order chi connectivity index (χ1) is 12.3. The molecular formula is C19H27N3O3. The fourth-order valence-corrected chi connectivity index (χ4v) is 4.42. The van der Waals surface area contributed by atoms with E-state index in [9.17, 15) is 4.79 Å². The predicted molar refractivity (Wildman–Crippen MR) is 92.8 cm³/mol. The van der Waals surface area contributed by atoms with Crippen LogP contribution in [0.2, 0.25) is 0 Å². The van der Waals surface area contributed by atoms with E-state index in [1.165, 1.54) is 0 Å². The van der Waals surface area contributed by atoms with Crippen molar-refractivity contribution in [2.75, 3.05) is 52.6 Å². The summed E-state index contributed by atoms with van der Waals surface area (Å²) < 4.78 is 11.2. The van der Waals surface area contributed by atoms with Gasteiger partial charge in [0.2, 0.25) is 5.91 Å². The lowest BCUT2D eigenvalue weighted by Gasteiger charge is -2.35. The maximum absolute atomic E-state index is 12.6. The number of nitrogens with zero attached hydrogens (tertiary/aromatic N) is 3. The Hall–Kier alpha value is -1.50. The van der Waals surface area contributed by atoms with E-state index in [0.29, 0.717) is 44.0 Å². The summed E-state index contributed by atoms with van der Waals surface area (Å²) in [6, 6.07) is 6.07. The van der Waals surface area contributed by atoms with Crippen molar-refractivity contribution in [3.05, 3.63) is 30.1 Å². The van der Waals surface area contributed by atoms with Gasteiger partial charge in [-0.25, -0.2) is 0 Å². The molecule has 3 aliphatic heterocycles. The van der Waals surface area contributed by atoms with Crippen molar-refractivity contribution in [1.82, 2.24) is 14.8 Å². The standard InChI is InChI=1S/C19H27N3O3/c23-19(22-5-7-24-8-6-22)9-15-13-25-14-16-10-21(12-18(15)16)11-17-3-1-2-4-20-17/h1-4,15-16,18H,5-14H2/t15-,16-,18+/m1/s1. The van der Waals surface area contributed by atoms with E-state index < -0.39 is 0 Å². The summed E-state index contributed by atoms with van der Waals surface area (Å²) in [7, 11) is 0. The smallest absolute Gasteiger partial charge is 0.223 e. The Labute approximate surface area is 149 Å². The van der Waals surface area contributed by atoms with Crippen LogP contribution in [0.4, 0.5) is 0 Å². The third kappa shape index (κ3) is 4.02. The minimum atomic E-state index is 0.265. The van der Waals surface area contributed by atoms with E-state index in [4.69, 9.17) is 9.47 Å². The molecule has 0 aromatic carbocycles. The topological polar surface area (TPSA) is 54.9 Å². The molecule has 136 valence electrons. The highest BCUT2D eigenvalue weighted by Gasteiger charge is 2.42. The molecule has 3 saturated heterocycles. The third-order valence-corrected chi connectivity index (χ3v) is 5.75. The van der Waals surface area contributed by atoms with Gasteiger partial charge in [-0.15, -0.1) is 0 Å². The van der Waals surface area contributed by atoms with Gasteiger partial charge >= 0.3 is 0 Å². The number of pyridine rings is 1. The zero-order valence-corrected chi connectivity index (χ0v) is 14.7. The number of fused-ring (bicyclic) bond motifs is 1. The monoisotopic (exact) mass is 345 g/mol. The van der Waals surface area contributed by atoms with Crippen LogP contribution < -0.4 is 0 Å². The van der Waals surface area contributed by atoms with Gasteiger partial charge in [0, 0.05) is 45.3 Å². The van der Waals surface area contributed by atoms with Crippen molar-refractivity contribution in [2.24, 2.45) is 17.8 Å². The van der Waals surface area contributed by atoms with Gasteiger partial charge in [-0.1, -0.05) is 6.07 Å². The second-order valence-corrected chi connectivity index (χ2v) is 7.43. The van der Waals surface area contributed by atoms with Gasteiger partial charge in [0.1, 0.15) is 0 Å². The molecule has 6 nitrogen and oxygen atoms in total. The number of hydrogen-bond donors (Lipinski definition) is 0. The van der Waals surface area contributed by atoms with Gasteiger partial charge in [0.05, 0.1) is 32.1 Å². The van der Waals surface area contributed by atoms with Crippen molar-refractivity contribution < 1.29 is 14.3 Å². The summed E-state index contributed by atoms with van der Waals surface area (Å²) in [6.07, 6.45) is 2.46. The van der Waals surface area contributed by atoms with Crippen LogP contribution in [0.1, 0.15) is 12.1 Å². The van der Waals surface area contributed by atoms with Crippen molar-refractivity contribution in [3.8, 4) is 0 Å². The van der Waals surface area contributed by atoms with Crippen LogP contribution in [0.15, 0.2) is 24.4 Å². The van der Waals surface area contributed by atoms with Crippen LogP contribution >= 0.6 is 0 Å². The Kier molecular flexibility index (Phi) is 5.29. The number of likely N-dealkylation sites (tertiary alicyclic amines) is 1. The van der Waals surface area contributed by atoms with Crippen LogP contribution in [-0.2, 0) is 20.8 Å². The zero-order valence-electron chi connectivity index (χ0n) is 14.7. The maximum atomic E-state index is 12.6. The van der Waals surface area contributed by atoms with Gasteiger partial charge in [-0.2, -0.15) is 0 Å². The lowest BCUT2D eigenvalue weighted by atomic mass is 9.81. The first-order valence-corrected chi connectivity index (χ1v) is 9.35. The average Bonchev–Trinajstić information content (AvgIpc) is 3.07. The van der Waals surface area contributed by atoms with E-state index in [1.807, 2.05) is 23.2 Å². The van der Waals surface area contributed by atoms with Crippen molar-refractivity contribution >= 4 is 5.91 Å². The number of ether oxygens (including phenoxy) is 2. The Morgan fingerprint density at radius 3 is 2.84 bits per heavy atom. The van der Waals surface area contributed by atoms with E-state index in [-0.39, 0.29) is 5.91 Å². The van der Waals surface area contributed by atoms with Gasteiger partial charge in [0.25, 0.3) is 0 Å². The van der Waals surface area contributed by atoms with Gasteiger partial charge in [0.15, 0.2) is 0 Å². The van der Waals surface area contributed by atoms with Crippen LogP contribution in [-0.4, -0.2) is 73.3 Å². The quantitative estimate of drug-likeness (QED) is 0.816. The Bertz CT molecular complexity index is 577. The molecular weight excluding hydrogens is 318 g/mol. The number of amides is 1. The normalized spacial score (nSPS) is 30.2. The number of morpholine rings is 1. The molecule has 4 heterocycles. The summed E-state index contributed by atoms with van der Waals surface area (Å²) in [5.74, 6) is 1.70. The average molecular weight is 345 g/mol. The lowest BCUT2D eigenvalue weighted by Crippen LogP contribution is -2.44. The second-order valence-electron chi connectivity index (χ2n) is 7.43. The number of hydrogen-bond acceptors (Lipinski definition) is 5. The fourth-order valence-electron chi connectivity index (χ4n) is 4.42. The summed E-state index contributed by atoms with van der Waals surface area (Å²) in [4.78, 5) is 21.5. The minimum absolute atomic E-state index is 0.265. The molecule has 0 saturated carbocycles. The first-order valence-electron chi connectivity index (χ1n) is 9.35. The summed E-state index contributed by atoms with van der Waals surface area (Å²) in [6.45, 7) is 7.31. The Morgan fingerprint density at radius 2 is 2.04 bits per heavy atom. The van der Waals surface area contributed by atoms with Gasteiger partial charge in [-0.3, -0.25) is 14.7 Å². The van der Waals surface area contributed by atoms with Gasteiger partial charge < -0.3 is 14.4 Å². The first kappa shape index (κ1) is 16.9. The van der Waals surface area contributed by atoms with E-state index >= 15 is 0 Å². The molecule has 4 rings (SSSR count). The SMILES string of the molecule is O=C(C[C@@H]1COC[C@H]2CN(Cc3ccccn3)C[C@@H]12)N1CCOCC1. The molecule has 25 heavy (non-hydrogen) atoms. The minimum Gasteiger partial charge on any atom is -0.381 e. The molecule has 0 radical (unpaired) electrons. The molecule has 0 bridgehead atoms. The van der Waals surface area contributed by atoms with Crippen molar-refractivity contribution in [2.45, 2.75) is 13.0 Å². The molecule has 0 aliphatic carbocycles. The van der Waals surface area contributed by atoms with Crippen LogP contribution in [0.25, 0.3) is 0 Å². The zero-order chi connectivity index (χ0) is 17.1. The van der Waals surface area contributed by atoms with E-state index in [2.05, 4.69) is 16.0 Å². The fraction of sp³-hybridized carbons (Fsp3) is 0.684. The summed E-state index contributed by atoms with van der Waals surface area (Å²) in [5, 5.41) is 0. The highest BCUT2D eigenvalue weighted by Crippen LogP contribution is 2.36.